The van der Waals surface area contributed by atoms with Crippen LogP contribution in [0.1, 0.15) is 18.7 Å². The van der Waals surface area contributed by atoms with Gasteiger partial charge in [-0.2, -0.15) is 5.10 Å². The second-order valence-electron chi connectivity index (χ2n) is 3.87. The molecule has 7 nitrogen and oxygen atoms in total. The summed E-state index contributed by atoms with van der Waals surface area (Å²) in [5.74, 6) is 0.834. The van der Waals surface area contributed by atoms with E-state index in [1.54, 1.807) is 7.05 Å². The molecule has 0 aliphatic rings. The Bertz CT molecular complexity index is 315. The molecule has 3 N–H and O–H groups in total. The number of hydrogen-bond donors (Lipinski definition) is 3. The number of amides is 1. The summed E-state index contributed by atoms with van der Waals surface area (Å²) in [6.45, 7) is 2.57. The minimum atomic E-state index is -0.0879. The Labute approximate surface area is 107 Å². The van der Waals surface area contributed by atoms with Crippen molar-refractivity contribution in [3.05, 3.63) is 12.2 Å². The highest BCUT2D eigenvalue weighted by Crippen LogP contribution is 1.91. The maximum atomic E-state index is 10.8. The van der Waals surface area contributed by atoms with E-state index in [-0.39, 0.29) is 12.5 Å². The first-order valence-electron chi connectivity index (χ1n) is 6.16. The third-order valence-electron chi connectivity index (χ3n) is 2.39. The Morgan fingerprint density at radius 1 is 1.44 bits per heavy atom. The smallest absolute Gasteiger partial charge is 0.245 e. The Morgan fingerprint density at radius 3 is 3.00 bits per heavy atom. The van der Waals surface area contributed by atoms with Gasteiger partial charge in [-0.25, -0.2) is 4.98 Å². The second-order valence-corrected chi connectivity index (χ2v) is 3.87. The third-order valence-corrected chi connectivity index (χ3v) is 2.39. The monoisotopic (exact) mass is 255 g/mol. The van der Waals surface area contributed by atoms with Crippen molar-refractivity contribution >= 4 is 5.91 Å². The first-order chi connectivity index (χ1) is 8.83. The minimum absolute atomic E-state index is 0.0879. The molecule has 1 aromatic rings. The number of carbonyl (C=O) groups is 1. The maximum absolute atomic E-state index is 10.8. The van der Waals surface area contributed by atoms with Gasteiger partial charge in [0.15, 0.2) is 0 Å². The van der Waals surface area contributed by atoms with Crippen LogP contribution in [0.25, 0.3) is 0 Å². The summed E-state index contributed by atoms with van der Waals surface area (Å²) >= 11 is 0. The largest absolute Gasteiger partial charge is 0.372 e. The lowest BCUT2D eigenvalue weighted by molar-refractivity contribution is -0.125. The first-order valence-corrected chi connectivity index (χ1v) is 6.16. The van der Waals surface area contributed by atoms with Crippen molar-refractivity contribution < 1.29 is 9.53 Å². The summed E-state index contributed by atoms with van der Waals surface area (Å²) in [7, 11) is 1.60. The number of nitrogens with one attached hydrogen (secondary N) is 3. The highest BCUT2D eigenvalue weighted by Gasteiger charge is 1.97. The van der Waals surface area contributed by atoms with E-state index in [0.29, 0.717) is 6.61 Å². The fourth-order valence-electron chi connectivity index (χ4n) is 1.39. The topological polar surface area (TPSA) is 91.9 Å². The Hall–Kier alpha value is -1.47. The van der Waals surface area contributed by atoms with Gasteiger partial charge in [-0.3, -0.25) is 9.89 Å². The molecule has 1 aromatic heterocycles. The van der Waals surface area contributed by atoms with Crippen LogP contribution in [0.4, 0.5) is 0 Å². The molecular formula is C11H21N5O2. The zero-order valence-electron chi connectivity index (χ0n) is 10.7. The van der Waals surface area contributed by atoms with Crippen molar-refractivity contribution in [2.45, 2.75) is 19.3 Å². The average molecular weight is 255 g/mol. The van der Waals surface area contributed by atoms with Gasteiger partial charge in [-0.15, -0.1) is 0 Å². The molecule has 0 saturated heterocycles. The van der Waals surface area contributed by atoms with E-state index in [2.05, 4.69) is 25.8 Å². The highest BCUT2D eigenvalue weighted by molar-refractivity contribution is 5.76. The molecule has 0 saturated carbocycles. The molecule has 1 rings (SSSR count). The summed E-state index contributed by atoms with van der Waals surface area (Å²) in [6, 6.07) is 0. The Balaban J connectivity index is 1.80. The molecular weight excluding hydrogens is 234 g/mol. The SMILES string of the molecule is CNC(=O)COCCCNCCCc1ncn[nH]1. The molecule has 0 aliphatic heterocycles. The lowest BCUT2D eigenvalue weighted by Crippen LogP contribution is -2.24. The molecule has 7 heteroatoms. The standard InChI is InChI=1S/C11H21N5O2/c1-12-11(17)8-18-7-3-6-13-5-2-4-10-14-9-15-16-10/h9,13H,2-8H2,1H3,(H,12,17)(H,14,15,16). The van der Waals surface area contributed by atoms with E-state index >= 15 is 0 Å². The fourth-order valence-corrected chi connectivity index (χ4v) is 1.39. The summed E-state index contributed by atoms with van der Waals surface area (Å²) in [4.78, 5) is 14.9. The number of nitrogens with zero attached hydrogens (tertiary/aromatic N) is 2. The van der Waals surface area contributed by atoms with Gasteiger partial charge in [0.05, 0.1) is 0 Å². The molecule has 0 fully saturated rings. The summed E-state index contributed by atoms with van der Waals surface area (Å²) in [5.41, 5.74) is 0. The normalized spacial score (nSPS) is 10.5. The predicted octanol–water partition coefficient (Wildman–Crippen LogP) is -0.520. The van der Waals surface area contributed by atoms with Crippen LogP contribution in [0.5, 0.6) is 0 Å². The quantitative estimate of drug-likeness (QED) is 0.489. The van der Waals surface area contributed by atoms with Gasteiger partial charge in [0.2, 0.25) is 5.91 Å². The number of aromatic amines is 1. The zero-order valence-corrected chi connectivity index (χ0v) is 10.7. The van der Waals surface area contributed by atoms with Crippen molar-refractivity contribution in [2.24, 2.45) is 0 Å². The molecule has 1 heterocycles. The van der Waals surface area contributed by atoms with Gasteiger partial charge in [-0.05, 0) is 25.9 Å². The van der Waals surface area contributed by atoms with E-state index in [1.165, 1.54) is 6.33 Å². The zero-order chi connectivity index (χ0) is 13.1. The van der Waals surface area contributed by atoms with Gasteiger partial charge >= 0.3 is 0 Å². The van der Waals surface area contributed by atoms with E-state index in [1.807, 2.05) is 0 Å². The van der Waals surface area contributed by atoms with Crippen molar-refractivity contribution in [1.82, 2.24) is 25.8 Å². The molecule has 0 radical (unpaired) electrons. The van der Waals surface area contributed by atoms with Crippen LogP contribution in [-0.2, 0) is 16.0 Å². The molecule has 0 aliphatic carbocycles. The molecule has 0 aromatic carbocycles. The van der Waals surface area contributed by atoms with Gasteiger partial charge < -0.3 is 15.4 Å². The van der Waals surface area contributed by atoms with Crippen molar-refractivity contribution in [3.8, 4) is 0 Å². The van der Waals surface area contributed by atoms with E-state index in [4.69, 9.17) is 4.74 Å². The number of ether oxygens (including phenoxy) is 1. The lowest BCUT2D eigenvalue weighted by atomic mass is 10.3. The summed E-state index contributed by atoms with van der Waals surface area (Å²) in [6.07, 6.45) is 4.35. The van der Waals surface area contributed by atoms with Crippen molar-refractivity contribution in [1.29, 1.82) is 0 Å². The molecule has 1 amide bonds. The van der Waals surface area contributed by atoms with Gasteiger partial charge in [-0.1, -0.05) is 0 Å². The van der Waals surface area contributed by atoms with Crippen molar-refractivity contribution in [3.63, 3.8) is 0 Å². The van der Waals surface area contributed by atoms with Crippen LogP contribution in [0, 0.1) is 0 Å². The van der Waals surface area contributed by atoms with Crippen molar-refractivity contribution in [2.75, 3.05) is 33.4 Å². The van der Waals surface area contributed by atoms with Crippen LogP contribution in [0.3, 0.4) is 0 Å². The summed E-state index contributed by atoms with van der Waals surface area (Å²) in [5, 5.41) is 12.4. The van der Waals surface area contributed by atoms with Crippen LogP contribution in [0.2, 0.25) is 0 Å². The number of rotatable bonds is 10. The number of aryl methyl sites for hydroxylation is 1. The minimum Gasteiger partial charge on any atom is -0.372 e. The van der Waals surface area contributed by atoms with Crippen LogP contribution < -0.4 is 10.6 Å². The van der Waals surface area contributed by atoms with Gasteiger partial charge in [0.1, 0.15) is 18.8 Å². The lowest BCUT2D eigenvalue weighted by Gasteiger charge is -2.05. The molecule has 0 atom stereocenters. The second kappa shape index (κ2) is 9.55. The van der Waals surface area contributed by atoms with Gasteiger partial charge in [0, 0.05) is 20.1 Å². The first kappa shape index (κ1) is 14.6. The highest BCUT2D eigenvalue weighted by atomic mass is 16.5. The maximum Gasteiger partial charge on any atom is 0.245 e. The number of hydrogen-bond acceptors (Lipinski definition) is 5. The average Bonchev–Trinajstić information content (AvgIpc) is 2.89. The third kappa shape index (κ3) is 6.97. The molecule has 0 spiro atoms. The number of H-pyrrole nitrogens is 1. The van der Waals surface area contributed by atoms with Crippen LogP contribution in [0.15, 0.2) is 6.33 Å². The molecule has 18 heavy (non-hydrogen) atoms. The molecule has 0 bridgehead atoms. The Morgan fingerprint density at radius 2 is 2.28 bits per heavy atom. The van der Waals surface area contributed by atoms with Gasteiger partial charge in [0.25, 0.3) is 0 Å². The fraction of sp³-hybridized carbons (Fsp3) is 0.727. The Kier molecular flexibility index (Phi) is 7.74. The molecule has 102 valence electrons. The number of likely N-dealkylation sites (N-methyl/N-ethyl adjacent to an activating group) is 1. The summed E-state index contributed by atoms with van der Waals surface area (Å²) < 4.78 is 5.18. The molecule has 0 unspecified atom stereocenters. The van der Waals surface area contributed by atoms with Crippen LogP contribution >= 0.6 is 0 Å². The van der Waals surface area contributed by atoms with E-state index in [0.717, 1.165) is 38.2 Å². The van der Waals surface area contributed by atoms with Crippen LogP contribution in [-0.4, -0.2) is 54.4 Å². The number of aromatic nitrogens is 3. The van der Waals surface area contributed by atoms with E-state index in [9.17, 15) is 4.79 Å². The van der Waals surface area contributed by atoms with E-state index < -0.39 is 0 Å². The number of carbonyl (C=O) groups excluding carboxylic acids is 1. The predicted molar refractivity (Wildman–Crippen MR) is 67.1 cm³/mol.